The van der Waals surface area contributed by atoms with Crippen molar-refractivity contribution in [1.29, 1.82) is 0 Å². The van der Waals surface area contributed by atoms with E-state index in [1.165, 1.54) is 5.56 Å². The fourth-order valence-corrected chi connectivity index (χ4v) is 1.41. The van der Waals surface area contributed by atoms with Crippen LogP contribution in [-0.2, 0) is 6.54 Å². The topological polar surface area (TPSA) is 28.2 Å². The number of rotatable bonds is 5. The average molecular weight is 203 g/mol. The van der Waals surface area contributed by atoms with Gasteiger partial charge in [-0.15, -0.1) is 6.42 Å². The van der Waals surface area contributed by atoms with Crippen LogP contribution < -0.4 is 10.2 Å². The quantitative estimate of drug-likeness (QED) is 0.730. The third-order valence-corrected chi connectivity index (χ3v) is 2.18. The van der Waals surface area contributed by atoms with Crippen molar-refractivity contribution in [1.82, 2.24) is 10.3 Å². The maximum atomic E-state index is 5.29. The second kappa shape index (κ2) is 6.05. The van der Waals surface area contributed by atoms with E-state index in [2.05, 4.69) is 23.1 Å². The van der Waals surface area contributed by atoms with Crippen molar-refractivity contribution in [3.05, 3.63) is 24.0 Å². The SMILES string of the molecule is C#CCN(C)c1ccncc1CNCC. The first kappa shape index (κ1) is 11.5. The molecule has 0 atom stereocenters. The highest BCUT2D eigenvalue weighted by molar-refractivity contribution is 5.52. The van der Waals surface area contributed by atoms with Gasteiger partial charge in [-0.3, -0.25) is 4.98 Å². The second-order valence-electron chi connectivity index (χ2n) is 3.34. The largest absolute Gasteiger partial charge is 0.363 e. The van der Waals surface area contributed by atoms with Crippen LogP contribution >= 0.6 is 0 Å². The van der Waals surface area contributed by atoms with Gasteiger partial charge >= 0.3 is 0 Å². The number of nitrogens with one attached hydrogen (secondary N) is 1. The van der Waals surface area contributed by atoms with Crippen molar-refractivity contribution in [2.45, 2.75) is 13.5 Å². The van der Waals surface area contributed by atoms with E-state index in [4.69, 9.17) is 6.42 Å². The smallest absolute Gasteiger partial charge is 0.0788 e. The van der Waals surface area contributed by atoms with Gasteiger partial charge in [0.2, 0.25) is 0 Å². The van der Waals surface area contributed by atoms with Gasteiger partial charge in [-0.2, -0.15) is 0 Å². The molecule has 0 amide bonds. The summed E-state index contributed by atoms with van der Waals surface area (Å²) in [6, 6.07) is 1.99. The van der Waals surface area contributed by atoms with Crippen LogP contribution in [0.2, 0.25) is 0 Å². The number of aromatic nitrogens is 1. The molecule has 0 bridgehead atoms. The predicted molar refractivity (Wildman–Crippen MR) is 63.7 cm³/mol. The Labute approximate surface area is 91.5 Å². The monoisotopic (exact) mass is 203 g/mol. The minimum absolute atomic E-state index is 0.614. The van der Waals surface area contributed by atoms with Gasteiger partial charge in [0.25, 0.3) is 0 Å². The zero-order chi connectivity index (χ0) is 11.1. The molecule has 0 aliphatic heterocycles. The highest BCUT2D eigenvalue weighted by Gasteiger charge is 2.05. The molecule has 0 aliphatic rings. The highest BCUT2D eigenvalue weighted by atomic mass is 15.1. The zero-order valence-corrected chi connectivity index (χ0v) is 9.33. The molecule has 0 unspecified atom stereocenters. The minimum Gasteiger partial charge on any atom is -0.363 e. The molecule has 15 heavy (non-hydrogen) atoms. The molecule has 0 aliphatic carbocycles. The lowest BCUT2D eigenvalue weighted by Crippen LogP contribution is -2.21. The Morgan fingerprint density at radius 1 is 1.60 bits per heavy atom. The molecule has 1 aromatic heterocycles. The van der Waals surface area contributed by atoms with Crippen LogP contribution in [0.4, 0.5) is 5.69 Å². The zero-order valence-electron chi connectivity index (χ0n) is 9.33. The second-order valence-corrected chi connectivity index (χ2v) is 3.34. The third-order valence-electron chi connectivity index (χ3n) is 2.18. The summed E-state index contributed by atoms with van der Waals surface area (Å²) in [7, 11) is 1.99. The average Bonchev–Trinajstić information content (AvgIpc) is 2.27. The summed E-state index contributed by atoms with van der Waals surface area (Å²) in [6.45, 7) is 4.48. The first-order valence-corrected chi connectivity index (χ1v) is 5.07. The number of nitrogens with zero attached hydrogens (tertiary/aromatic N) is 2. The lowest BCUT2D eigenvalue weighted by Gasteiger charge is -2.19. The van der Waals surface area contributed by atoms with E-state index in [9.17, 15) is 0 Å². The molecule has 0 saturated carbocycles. The van der Waals surface area contributed by atoms with Crippen LogP contribution in [0.15, 0.2) is 18.5 Å². The minimum atomic E-state index is 0.614. The highest BCUT2D eigenvalue weighted by Crippen LogP contribution is 2.17. The molecule has 1 rings (SSSR count). The molecule has 1 heterocycles. The summed E-state index contributed by atoms with van der Waals surface area (Å²) in [5, 5.41) is 3.28. The molecule has 0 spiro atoms. The van der Waals surface area contributed by atoms with Crippen LogP contribution in [0.5, 0.6) is 0 Å². The van der Waals surface area contributed by atoms with Crippen molar-refractivity contribution in [2.75, 3.05) is 25.0 Å². The van der Waals surface area contributed by atoms with Crippen molar-refractivity contribution in [2.24, 2.45) is 0 Å². The Hall–Kier alpha value is -1.53. The van der Waals surface area contributed by atoms with E-state index in [0.29, 0.717) is 6.54 Å². The number of hydrogen-bond acceptors (Lipinski definition) is 3. The van der Waals surface area contributed by atoms with Gasteiger partial charge in [0.1, 0.15) is 0 Å². The number of hydrogen-bond donors (Lipinski definition) is 1. The summed E-state index contributed by atoms with van der Waals surface area (Å²) >= 11 is 0. The fourth-order valence-electron chi connectivity index (χ4n) is 1.41. The molecule has 0 aromatic carbocycles. The van der Waals surface area contributed by atoms with Gasteiger partial charge in [-0.25, -0.2) is 0 Å². The van der Waals surface area contributed by atoms with E-state index in [1.54, 1.807) is 6.20 Å². The maximum Gasteiger partial charge on any atom is 0.0788 e. The Bertz CT molecular complexity index is 341. The Morgan fingerprint density at radius 2 is 2.40 bits per heavy atom. The van der Waals surface area contributed by atoms with Crippen LogP contribution in [0.1, 0.15) is 12.5 Å². The van der Waals surface area contributed by atoms with Crippen LogP contribution in [0.3, 0.4) is 0 Å². The first-order chi connectivity index (χ1) is 7.29. The predicted octanol–water partition coefficient (Wildman–Crippen LogP) is 1.26. The van der Waals surface area contributed by atoms with Crippen molar-refractivity contribution < 1.29 is 0 Å². The van der Waals surface area contributed by atoms with Gasteiger partial charge in [0.15, 0.2) is 0 Å². The number of terminal acetylenes is 1. The first-order valence-electron chi connectivity index (χ1n) is 5.07. The molecular weight excluding hydrogens is 186 g/mol. The van der Waals surface area contributed by atoms with Crippen LogP contribution in [0, 0.1) is 12.3 Å². The normalized spacial score (nSPS) is 9.67. The lowest BCUT2D eigenvalue weighted by molar-refractivity contribution is 0.722. The van der Waals surface area contributed by atoms with Crippen molar-refractivity contribution in [3.8, 4) is 12.3 Å². The molecule has 1 N–H and O–H groups in total. The Kier molecular flexibility index (Phi) is 4.65. The molecule has 0 fully saturated rings. The molecule has 80 valence electrons. The van der Waals surface area contributed by atoms with Gasteiger partial charge in [-0.05, 0) is 12.6 Å². The number of anilines is 1. The van der Waals surface area contributed by atoms with E-state index >= 15 is 0 Å². The molecule has 3 nitrogen and oxygen atoms in total. The summed E-state index contributed by atoms with van der Waals surface area (Å²) in [5.41, 5.74) is 2.32. The summed E-state index contributed by atoms with van der Waals surface area (Å²) in [6.07, 6.45) is 8.96. The molecule has 3 heteroatoms. The summed E-state index contributed by atoms with van der Waals surface area (Å²) in [5.74, 6) is 2.63. The van der Waals surface area contributed by atoms with Gasteiger partial charge < -0.3 is 10.2 Å². The third kappa shape index (κ3) is 3.26. The van der Waals surface area contributed by atoms with Gasteiger partial charge in [-0.1, -0.05) is 12.8 Å². The van der Waals surface area contributed by atoms with Crippen LogP contribution in [0.25, 0.3) is 0 Å². The standard InChI is InChI=1S/C12H17N3/c1-4-8-15(3)12-6-7-14-10-11(12)9-13-5-2/h1,6-7,10,13H,5,8-9H2,2-3H3. The van der Waals surface area contributed by atoms with E-state index in [1.807, 2.05) is 24.2 Å². The summed E-state index contributed by atoms with van der Waals surface area (Å²) in [4.78, 5) is 6.17. The fraction of sp³-hybridized carbons (Fsp3) is 0.417. The number of pyridine rings is 1. The Balaban J connectivity index is 2.81. The van der Waals surface area contributed by atoms with E-state index in [-0.39, 0.29) is 0 Å². The van der Waals surface area contributed by atoms with Gasteiger partial charge in [0, 0.05) is 37.2 Å². The maximum absolute atomic E-state index is 5.29. The van der Waals surface area contributed by atoms with Crippen LogP contribution in [-0.4, -0.2) is 25.1 Å². The van der Waals surface area contributed by atoms with E-state index < -0.39 is 0 Å². The van der Waals surface area contributed by atoms with Crippen molar-refractivity contribution >= 4 is 5.69 Å². The van der Waals surface area contributed by atoms with Gasteiger partial charge in [0.05, 0.1) is 6.54 Å². The molecule has 0 saturated heterocycles. The molecule has 1 aromatic rings. The van der Waals surface area contributed by atoms with E-state index in [0.717, 1.165) is 18.8 Å². The molecule has 0 radical (unpaired) electrons. The summed E-state index contributed by atoms with van der Waals surface area (Å²) < 4.78 is 0. The Morgan fingerprint density at radius 3 is 3.07 bits per heavy atom. The van der Waals surface area contributed by atoms with Crippen molar-refractivity contribution in [3.63, 3.8) is 0 Å². The lowest BCUT2D eigenvalue weighted by atomic mass is 10.2. The molecular formula is C12H17N3.